The first-order chi connectivity index (χ1) is 18.9. The Hall–Kier alpha value is -3.87. The van der Waals surface area contributed by atoms with Crippen molar-refractivity contribution in [3.63, 3.8) is 0 Å². The maximum atomic E-state index is 14.0. The van der Waals surface area contributed by atoms with Gasteiger partial charge in [0.1, 0.15) is 22.8 Å². The molecule has 4 atom stereocenters. The smallest absolute Gasteiger partial charge is 0.255 e. The number of aliphatic hydroxyl groups is 3. The molecule has 9 nitrogen and oxygen atoms in total. The molecule has 0 spiro atoms. The molecule has 1 aromatic carbocycles. The van der Waals surface area contributed by atoms with Gasteiger partial charge in [-0.15, -0.1) is 0 Å². The Balaban J connectivity index is 1.68. The molecule has 0 saturated carbocycles. The summed E-state index contributed by atoms with van der Waals surface area (Å²) in [4.78, 5) is 41.1. The largest absolute Gasteiger partial charge is 0.510 e. The third-order valence-corrected chi connectivity index (χ3v) is 8.84. The summed E-state index contributed by atoms with van der Waals surface area (Å²) in [5, 5.41) is 45.4. The number of hydrogen-bond acceptors (Lipinski definition) is 8. The molecule has 0 aromatic heterocycles. The quantitative estimate of drug-likeness (QED) is 0.285. The average Bonchev–Trinajstić information content (AvgIpc) is 2.90. The van der Waals surface area contributed by atoms with Crippen molar-refractivity contribution in [2.75, 3.05) is 14.1 Å². The number of allylic oxidation sites excluding steroid dienone is 3. The lowest BCUT2D eigenvalue weighted by Gasteiger charge is -2.50. The number of aromatic hydroxyl groups is 1. The summed E-state index contributed by atoms with van der Waals surface area (Å²) >= 11 is 0. The van der Waals surface area contributed by atoms with Crippen molar-refractivity contribution in [3.05, 3.63) is 62.6 Å². The second-order valence-corrected chi connectivity index (χ2v) is 11.3. The zero-order valence-electron chi connectivity index (χ0n) is 22.9. The molecule has 9 heteroatoms. The summed E-state index contributed by atoms with van der Waals surface area (Å²) in [5.74, 6) is -0.455. The number of amides is 1. The Kier molecular flexibility index (Phi) is 6.89. The van der Waals surface area contributed by atoms with Crippen LogP contribution in [0.15, 0.2) is 40.4 Å². The van der Waals surface area contributed by atoms with E-state index in [2.05, 4.69) is 17.9 Å². The number of phenolic OH excluding ortho intramolecular Hbond substituents is 1. The molecule has 4 aliphatic rings. The fourth-order valence-electron chi connectivity index (χ4n) is 6.91. The lowest BCUT2D eigenvalue weighted by molar-refractivity contribution is -0.148. The van der Waals surface area contributed by atoms with E-state index in [9.17, 15) is 34.8 Å². The second kappa shape index (κ2) is 9.95. The molecule has 210 valence electrons. The standard InChI is InChI=1S/C31H34N2O7/c1-4-16-12-17(11-10-15-8-6-5-7-9-15)25(34)22-19(16)13-18-14-20-24(33(2)3)27(36)23(30(32)39)29(38)31(20,40)28(37)21(18)26(22)35/h8,12,18,20,24,34,36-37,40H,4-7,9,13-14H2,1-3H3,(H2,32,39)/t18-,20-,24?,31-/m0/s1. The molecule has 6 N–H and O–H groups in total. The van der Waals surface area contributed by atoms with E-state index in [1.165, 1.54) is 4.90 Å². The fraction of sp³-hybridized carbons (Fsp3) is 0.452. The van der Waals surface area contributed by atoms with Gasteiger partial charge in [0.05, 0.1) is 17.2 Å². The number of likely N-dealkylation sites (N-methyl/N-ethyl adjacent to an activating group) is 1. The van der Waals surface area contributed by atoms with Gasteiger partial charge in [-0.05, 0) is 87.7 Å². The number of primary amides is 1. The molecule has 0 saturated heterocycles. The van der Waals surface area contributed by atoms with Crippen LogP contribution < -0.4 is 5.73 Å². The van der Waals surface area contributed by atoms with E-state index in [0.29, 0.717) is 17.5 Å². The molecule has 0 radical (unpaired) electrons. The molecule has 5 rings (SSSR count). The number of nitrogens with two attached hydrogens (primary N) is 1. The van der Waals surface area contributed by atoms with Crippen molar-refractivity contribution in [1.29, 1.82) is 0 Å². The van der Waals surface area contributed by atoms with Crippen LogP contribution in [0.4, 0.5) is 0 Å². The van der Waals surface area contributed by atoms with Crippen LogP contribution in [0.5, 0.6) is 5.75 Å². The van der Waals surface area contributed by atoms with Crippen molar-refractivity contribution in [3.8, 4) is 17.6 Å². The highest BCUT2D eigenvalue weighted by Crippen LogP contribution is 2.52. The predicted octanol–water partition coefficient (Wildman–Crippen LogP) is 2.53. The van der Waals surface area contributed by atoms with E-state index in [4.69, 9.17) is 5.73 Å². The molecule has 1 aromatic rings. The SMILES string of the molecule is CCc1cc(C#CC2=CCCCC2)c(O)c2c1C[C@H]1C[C@H]3C(N(C)C)C(O)=C(C(N)=O)C(=O)[C@@]3(O)C(O)=C1C2=O. The number of fused-ring (bicyclic) bond motifs is 3. The van der Waals surface area contributed by atoms with Crippen molar-refractivity contribution >= 4 is 17.5 Å². The molecule has 0 heterocycles. The summed E-state index contributed by atoms with van der Waals surface area (Å²) in [6, 6.07) is 0.780. The Morgan fingerprint density at radius 2 is 1.90 bits per heavy atom. The average molecular weight is 547 g/mol. The zero-order valence-corrected chi connectivity index (χ0v) is 22.9. The van der Waals surface area contributed by atoms with Crippen molar-refractivity contribution in [1.82, 2.24) is 4.90 Å². The summed E-state index contributed by atoms with van der Waals surface area (Å²) in [5.41, 5.74) is 4.51. The molecule has 40 heavy (non-hydrogen) atoms. The number of ketones is 2. The first kappa shape index (κ1) is 27.7. The minimum Gasteiger partial charge on any atom is -0.510 e. The van der Waals surface area contributed by atoms with Gasteiger partial charge < -0.3 is 26.2 Å². The van der Waals surface area contributed by atoms with Gasteiger partial charge in [0, 0.05) is 11.5 Å². The molecule has 4 aliphatic carbocycles. The van der Waals surface area contributed by atoms with Gasteiger partial charge in [-0.25, -0.2) is 0 Å². The first-order valence-corrected chi connectivity index (χ1v) is 13.7. The molecule has 1 unspecified atom stereocenters. The molecule has 0 bridgehead atoms. The van der Waals surface area contributed by atoms with Crippen LogP contribution >= 0.6 is 0 Å². The van der Waals surface area contributed by atoms with Gasteiger partial charge in [0.2, 0.25) is 5.78 Å². The monoisotopic (exact) mass is 546 g/mol. The van der Waals surface area contributed by atoms with Crippen molar-refractivity contribution in [2.45, 2.75) is 63.5 Å². The molecular weight excluding hydrogens is 512 g/mol. The van der Waals surface area contributed by atoms with Crippen LogP contribution in [-0.2, 0) is 22.4 Å². The summed E-state index contributed by atoms with van der Waals surface area (Å²) in [7, 11) is 3.21. The maximum absolute atomic E-state index is 14.0. The molecular formula is C31H34N2O7. The van der Waals surface area contributed by atoms with Crippen LogP contribution in [0.25, 0.3) is 0 Å². The number of aryl methyl sites for hydroxylation is 1. The molecule has 0 fully saturated rings. The van der Waals surface area contributed by atoms with Crippen LogP contribution in [0.3, 0.4) is 0 Å². The highest BCUT2D eigenvalue weighted by molar-refractivity contribution is 6.24. The molecule has 0 aliphatic heterocycles. The number of carbonyl (C=O) groups excluding carboxylic acids is 3. The van der Waals surface area contributed by atoms with Gasteiger partial charge >= 0.3 is 0 Å². The number of nitrogens with zero attached hydrogens (tertiary/aromatic N) is 1. The third kappa shape index (κ3) is 3.97. The van der Waals surface area contributed by atoms with Gasteiger partial charge in [-0.3, -0.25) is 19.3 Å². The first-order valence-electron chi connectivity index (χ1n) is 13.7. The van der Waals surface area contributed by atoms with Gasteiger partial charge in [-0.2, -0.15) is 0 Å². The summed E-state index contributed by atoms with van der Waals surface area (Å²) < 4.78 is 0. The number of aliphatic hydroxyl groups excluding tert-OH is 2. The van der Waals surface area contributed by atoms with E-state index < -0.39 is 58.0 Å². The number of Topliss-reactive ketones (excluding diaryl/α,β-unsaturated/α-hetero) is 2. The number of phenols is 1. The fourth-order valence-corrected chi connectivity index (χ4v) is 6.91. The number of rotatable bonds is 3. The van der Waals surface area contributed by atoms with Crippen molar-refractivity contribution < 1.29 is 34.8 Å². The van der Waals surface area contributed by atoms with E-state index >= 15 is 0 Å². The number of benzene rings is 1. The van der Waals surface area contributed by atoms with Crippen LogP contribution in [-0.4, -0.2) is 68.5 Å². The summed E-state index contributed by atoms with van der Waals surface area (Å²) in [6.07, 6.45) is 6.96. The lowest BCUT2D eigenvalue weighted by Crippen LogP contribution is -2.63. The highest BCUT2D eigenvalue weighted by atomic mass is 16.3. The maximum Gasteiger partial charge on any atom is 0.255 e. The Morgan fingerprint density at radius 1 is 1.18 bits per heavy atom. The Bertz CT molecular complexity index is 1500. The zero-order chi connectivity index (χ0) is 29.1. The summed E-state index contributed by atoms with van der Waals surface area (Å²) in [6.45, 7) is 1.94. The van der Waals surface area contributed by atoms with E-state index in [-0.39, 0.29) is 29.7 Å². The van der Waals surface area contributed by atoms with Crippen molar-refractivity contribution in [2.24, 2.45) is 17.6 Å². The van der Waals surface area contributed by atoms with Crippen LogP contribution in [0, 0.1) is 23.7 Å². The third-order valence-electron chi connectivity index (χ3n) is 8.84. The van der Waals surface area contributed by atoms with E-state index in [0.717, 1.165) is 36.8 Å². The number of carbonyl (C=O) groups is 3. The topological polar surface area (TPSA) is 161 Å². The van der Waals surface area contributed by atoms with Gasteiger partial charge in [0.15, 0.2) is 11.4 Å². The van der Waals surface area contributed by atoms with E-state index in [1.54, 1.807) is 20.2 Å². The van der Waals surface area contributed by atoms with Crippen LogP contribution in [0.1, 0.15) is 66.1 Å². The normalized spacial score (nSPS) is 27.9. The minimum absolute atomic E-state index is 0.00190. The lowest BCUT2D eigenvalue weighted by atomic mass is 9.58. The van der Waals surface area contributed by atoms with Gasteiger partial charge in [0.25, 0.3) is 5.91 Å². The van der Waals surface area contributed by atoms with Crippen LogP contribution in [0.2, 0.25) is 0 Å². The molecule has 1 amide bonds. The number of hydrogen-bond donors (Lipinski definition) is 5. The Morgan fingerprint density at radius 3 is 2.50 bits per heavy atom. The highest BCUT2D eigenvalue weighted by Gasteiger charge is 2.63. The second-order valence-electron chi connectivity index (χ2n) is 11.3. The van der Waals surface area contributed by atoms with E-state index in [1.807, 2.05) is 6.92 Å². The van der Waals surface area contributed by atoms with Gasteiger partial charge in [-0.1, -0.05) is 24.8 Å². The minimum atomic E-state index is -2.65. The Labute approximate surface area is 232 Å². The predicted molar refractivity (Wildman–Crippen MR) is 146 cm³/mol.